The van der Waals surface area contributed by atoms with E-state index in [0.29, 0.717) is 11.5 Å². The highest BCUT2D eigenvalue weighted by Crippen LogP contribution is 2.39. The van der Waals surface area contributed by atoms with Crippen LogP contribution in [0, 0.1) is 0 Å². The molecule has 0 fully saturated rings. The van der Waals surface area contributed by atoms with Gasteiger partial charge in [-0.2, -0.15) is 0 Å². The van der Waals surface area contributed by atoms with Crippen LogP contribution in [0.4, 0.5) is 0 Å². The van der Waals surface area contributed by atoms with Crippen LogP contribution in [0.3, 0.4) is 0 Å². The molecule has 0 aliphatic heterocycles. The quantitative estimate of drug-likeness (QED) is 0.348. The molecule has 0 aliphatic carbocycles. The molecule has 1 aromatic carbocycles. The second kappa shape index (κ2) is 8.51. The second-order valence-electron chi connectivity index (χ2n) is 4.09. The van der Waals surface area contributed by atoms with Gasteiger partial charge in [-0.3, -0.25) is 4.79 Å². The lowest BCUT2D eigenvalue weighted by molar-refractivity contribution is -0.135. The fraction of sp³-hybridized carbons (Fsp3) is 0.250. The van der Waals surface area contributed by atoms with Crippen molar-refractivity contribution in [2.75, 3.05) is 21.3 Å². The van der Waals surface area contributed by atoms with Crippen LogP contribution in [-0.4, -0.2) is 33.3 Å². The van der Waals surface area contributed by atoms with E-state index >= 15 is 0 Å². The van der Waals surface area contributed by atoms with E-state index in [4.69, 9.17) is 14.2 Å². The lowest BCUT2D eigenvalue weighted by atomic mass is 10.1. The molecule has 0 amide bonds. The number of hydrogen-bond donors (Lipinski definition) is 0. The van der Waals surface area contributed by atoms with Gasteiger partial charge < -0.3 is 18.9 Å². The Labute approximate surface area is 128 Å². The number of carbonyl (C=O) groups is 2. The predicted octanol–water partition coefficient (Wildman–Crippen LogP) is 2.37. The highest BCUT2D eigenvalue weighted by Gasteiger charge is 2.15. The summed E-state index contributed by atoms with van der Waals surface area (Å²) in [5, 5.41) is 0. The summed E-state index contributed by atoms with van der Waals surface area (Å²) in [5.74, 6) is 0.0444. The number of carbonyl (C=O) groups excluding carboxylic acids is 2. The Morgan fingerprint density at radius 2 is 1.59 bits per heavy atom. The molecule has 0 saturated heterocycles. The average Bonchev–Trinajstić information content (AvgIpc) is 2.51. The van der Waals surface area contributed by atoms with Crippen LogP contribution < -0.4 is 14.2 Å². The molecular weight excluding hydrogens is 288 g/mol. The molecule has 6 heteroatoms. The van der Waals surface area contributed by atoms with Gasteiger partial charge in [-0.1, -0.05) is 18.2 Å². The third-order valence-corrected chi connectivity index (χ3v) is 2.56. The van der Waals surface area contributed by atoms with Gasteiger partial charge in [0.1, 0.15) is 0 Å². The van der Waals surface area contributed by atoms with E-state index in [1.54, 1.807) is 30.4 Å². The summed E-state index contributed by atoms with van der Waals surface area (Å²) in [6.07, 6.45) is 6.24. The van der Waals surface area contributed by atoms with Gasteiger partial charge in [-0.05, 0) is 17.7 Å². The molecule has 0 unspecified atom stereocenters. The van der Waals surface area contributed by atoms with Crippen LogP contribution >= 0.6 is 0 Å². The Morgan fingerprint density at radius 3 is 2.05 bits per heavy atom. The van der Waals surface area contributed by atoms with Crippen LogP contribution in [0.25, 0.3) is 6.08 Å². The predicted molar refractivity (Wildman–Crippen MR) is 81.0 cm³/mol. The number of benzene rings is 1. The Hall–Kier alpha value is -2.76. The van der Waals surface area contributed by atoms with Crippen molar-refractivity contribution in [3.63, 3.8) is 0 Å². The maximum absolute atomic E-state index is 11.1. The number of methoxy groups -OCH3 is 3. The van der Waals surface area contributed by atoms with E-state index in [1.165, 1.54) is 34.3 Å². The molecule has 0 radical (unpaired) electrons. The maximum Gasteiger partial charge on any atom is 0.330 e. The van der Waals surface area contributed by atoms with E-state index < -0.39 is 11.9 Å². The monoisotopic (exact) mass is 306 g/mol. The molecule has 22 heavy (non-hydrogen) atoms. The van der Waals surface area contributed by atoms with Crippen molar-refractivity contribution in [2.24, 2.45) is 0 Å². The van der Waals surface area contributed by atoms with Crippen molar-refractivity contribution in [2.45, 2.75) is 6.92 Å². The lowest BCUT2D eigenvalue weighted by Crippen LogP contribution is -2.05. The molecule has 0 spiro atoms. The van der Waals surface area contributed by atoms with E-state index in [2.05, 4.69) is 4.74 Å². The van der Waals surface area contributed by atoms with Crippen molar-refractivity contribution >= 4 is 18.0 Å². The van der Waals surface area contributed by atoms with Gasteiger partial charge in [0.05, 0.1) is 21.3 Å². The van der Waals surface area contributed by atoms with E-state index in [-0.39, 0.29) is 5.75 Å². The first-order valence-corrected chi connectivity index (χ1v) is 6.39. The summed E-state index contributed by atoms with van der Waals surface area (Å²) >= 11 is 0. The van der Waals surface area contributed by atoms with Gasteiger partial charge in [0.2, 0.25) is 5.75 Å². The summed E-state index contributed by atoms with van der Waals surface area (Å²) in [6, 6.07) is 3.37. The van der Waals surface area contributed by atoms with E-state index in [1.807, 2.05) is 0 Å². The summed E-state index contributed by atoms with van der Waals surface area (Å²) in [4.78, 5) is 22.1. The van der Waals surface area contributed by atoms with Crippen LogP contribution in [-0.2, 0) is 14.3 Å². The Balaban J connectivity index is 3.07. The molecule has 0 bridgehead atoms. The van der Waals surface area contributed by atoms with Crippen molar-refractivity contribution in [1.82, 2.24) is 0 Å². The second-order valence-corrected chi connectivity index (χ2v) is 4.09. The Kier molecular flexibility index (Phi) is 6.69. The van der Waals surface area contributed by atoms with E-state index in [0.717, 1.165) is 5.56 Å². The highest BCUT2D eigenvalue weighted by atomic mass is 16.6. The Morgan fingerprint density at radius 1 is 1.00 bits per heavy atom. The molecule has 0 saturated carbocycles. The summed E-state index contributed by atoms with van der Waals surface area (Å²) < 4.78 is 20.0. The van der Waals surface area contributed by atoms with Gasteiger partial charge >= 0.3 is 11.9 Å². The third kappa shape index (κ3) is 4.97. The summed E-state index contributed by atoms with van der Waals surface area (Å²) in [5.41, 5.74) is 0.749. The molecule has 0 aromatic heterocycles. The van der Waals surface area contributed by atoms with Crippen molar-refractivity contribution in [3.8, 4) is 17.2 Å². The van der Waals surface area contributed by atoms with Crippen LogP contribution in [0.15, 0.2) is 30.4 Å². The third-order valence-electron chi connectivity index (χ3n) is 2.56. The zero-order valence-electron chi connectivity index (χ0n) is 12.9. The fourth-order valence-corrected chi connectivity index (χ4v) is 1.61. The largest absolute Gasteiger partial charge is 0.493 e. The first kappa shape index (κ1) is 17.3. The lowest BCUT2D eigenvalue weighted by Gasteiger charge is -2.13. The molecular formula is C16H18O6. The minimum absolute atomic E-state index is 0.222. The standard InChI is InChI=1S/C16H18O6/c1-11(17)22-16-13(19-2)9-12(10-14(16)20-3)7-5-6-8-15(18)21-4/h5-10H,1-4H3. The van der Waals surface area contributed by atoms with Crippen molar-refractivity contribution < 1.29 is 28.5 Å². The van der Waals surface area contributed by atoms with E-state index in [9.17, 15) is 9.59 Å². The summed E-state index contributed by atoms with van der Waals surface area (Å²) in [7, 11) is 4.23. The zero-order valence-corrected chi connectivity index (χ0v) is 12.9. The minimum atomic E-state index is -0.471. The molecule has 6 nitrogen and oxygen atoms in total. The molecule has 0 N–H and O–H groups in total. The first-order chi connectivity index (χ1) is 10.5. The number of rotatable bonds is 6. The summed E-state index contributed by atoms with van der Waals surface area (Å²) in [6.45, 7) is 1.30. The maximum atomic E-state index is 11.1. The molecule has 0 aliphatic rings. The number of ether oxygens (including phenoxy) is 4. The van der Waals surface area contributed by atoms with Gasteiger partial charge in [-0.15, -0.1) is 0 Å². The van der Waals surface area contributed by atoms with Crippen molar-refractivity contribution in [3.05, 3.63) is 35.9 Å². The molecule has 0 atom stereocenters. The van der Waals surface area contributed by atoms with Crippen LogP contribution in [0.5, 0.6) is 17.2 Å². The number of esters is 2. The average molecular weight is 306 g/mol. The minimum Gasteiger partial charge on any atom is -0.493 e. The fourth-order valence-electron chi connectivity index (χ4n) is 1.61. The smallest absolute Gasteiger partial charge is 0.330 e. The molecule has 118 valence electrons. The van der Waals surface area contributed by atoms with Crippen LogP contribution in [0.2, 0.25) is 0 Å². The number of allylic oxidation sites excluding steroid dienone is 2. The highest BCUT2D eigenvalue weighted by molar-refractivity contribution is 5.82. The zero-order chi connectivity index (χ0) is 16.5. The van der Waals surface area contributed by atoms with Gasteiger partial charge in [0, 0.05) is 13.0 Å². The van der Waals surface area contributed by atoms with Crippen molar-refractivity contribution in [1.29, 1.82) is 0 Å². The van der Waals surface area contributed by atoms with Gasteiger partial charge in [0.15, 0.2) is 11.5 Å². The molecule has 1 rings (SSSR count). The normalized spacial score (nSPS) is 10.7. The molecule has 1 aromatic rings. The van der Waals surface area contributed by atoms with Crippen LogP contribution in [0.1, 0.15) is 12.5 Å². The Bertz CT molecular complexity index is 576. The molecule has 0 heterocycles. The SMILES string of the molecule is COC(=O)C=CC=Cc1cc(OC)c(OC(C)=O)c(OC)c1. The number of hydrogen-bond acceptors (Lipinski definition) is 6. The van der Waals surface area contributed by atoms with Gasteiger partial charge in [0.25, 0.3) is 0 Å². The topological polar surface area (TPSA) is 71.1 Å². The van der Waals surface area contributed by atoms with Gasteiger partial charge in [-0.25, -0.2) is 4.79 Å². The first-order valence-electron chi connectivity index (χ1n) is 6.39.